The maximum absolute atomic E-state index is 12.0. The Morgan fingerprint density at radius 3 is 2.47 bits per heavy atom. The maximum Gasteiger partial charge on any atom is 0.225 e. The number of nitrogens with zero attached hydrogens (tertiary/aromatic N) is 1. The van der Waals surface area contributed by atoms with Gasteiger partial charge in [0.1, 0.15) is 0 Å². The third-order valence-electron chi connectivity index (χ3n) is 4.23. The summed E-state index contributed by atoms with van der Waals surface area (Å²) in [5, 5.41) is 3.65. The van der Waals surface area contributed by atoms with Gasteiger partial charge in [0.15, 0.2) is 0 Å². The maximum atomic E-state index is 12.0. The molecule has 2 aliphatic rings. The monoisotopic (exact) mass is 238 g/mol. The lowest BCUT2D eigenvalue weighted by Gasteiger charge is -2.34. The van der Waals surface area contributed by atoms with Gasteiger partial charge in [-0.1, -0.05) is 13.8 Å². The van der Waals surface area contributed by atoms with Crippen LogP contribution in [0.25, 0.3) is 0 Å². The van der Waals surface area contributed by atoms with Crippen LogP contribution in [0.15, 0.2) is 0 Å². The zero-order valence-electron chi connectivity index (χ0n) is 11.2. The van der Waals surface area contributed by atoms with Crippen LogP contribution >= 0.6 is 0 Å². The lowest BCUT2D eigenvalue weighted by molar-refractivity contribution is -0.136. The van der Waals surface area contributed by atoms with E-state index in [1.807, 2.05) is 6.92 Å². The molecule has 0 aromatic rings. The molecule has 1 amide bonds. The number of carbonyl (C=O) groups excluding carboxylic acids is 1. The normalized spacial score (nSPS) is 23.8. The Bertz CT molecular complexity index is 255. The number of hydrogen-bond donors (Lipinski definition) is 1. The number of rotatable bonds is 5. The molecule has 0 aromatic carbocycles. The Hall–Kier alpha value is -0.570. The van der Waals surface area contributed by atoms with Gasteiger partial charge in [0.05, 0.1) is 0 Å². The molecule has 3 nitrogen and oxygen atoms in total. The second kappa shape index (κ2) is 5.85. The molecular formula is C14H26N2O. The third-order valence-corrected chi connectivity index (χ3v) is 4.23. The highest BCUT2D eigenvalue weighted by Gasteiger charge is 2.27. The molecule has 1 unspecified atom stereocenters. The van der Waals surface area contributed by atoms with E-state index in [1.165, 1.54) is 19.4 Å². The smallest absolute Gasteiger partial charge is 0.225 e. The van der Waals surface area contributed by atoms with E-state index >= 15 is 0 Å². The summed E-state index contributed by atoms with van der Waals surface area (Å²) in [6, 6.07) is 0.650. The van der Waals surface area contributed by atoms with E-state index in [0.717, 1.165) is 38.3 Å². The largest absolute Gasteiger partial charge is 0.342 e. The summed E-state index contributed by atoms with van der Waals surface area (Å²) in [6.45, 7) is 7.23. The van der Waals surface area contributed by atoms with E-state index in [1.54, 1.807) is 0 Å². The number of piperidine rings is 1. The van der Waals surface area contributed by atoms with Gasteiger partial charge in [-0.15, -0.1) is 0 Å². The molecule has 0 bridgehead atoms. The number of hydrogen-bond acceptors (Lipinski definition) is 2. The molecule has 3 heteroatoms. The van der Waals surface area contributed by atoms with E-state index < -0.39 is 0 Å². The first kappa shape index (κ1) is 12.9. The fourth-order valence-electron chi connectivity index (χ4n) is 2.45. The fourth-order valence-corrected chi connectivity index (χ4v) is 2.45. The molecule has 98 valence electrons. The quantitative estimate of drug-likeness (QED) is 0.795. The molecule has 1 saturated heterocycles. The summed E-state index contributed by atoms with van der Waals surface area (Å²) < 4.78 is 0. The second-order valence-corrected chi connectivity index (χ2v) is 5.76. The predicted molar refractivity (Wildman–Crippen MR) is 69.8 cm³/mol. The second-order valence-electron chi connectivity index (χ2n) is 5.76. The van der Waals surface area contributed by atoms with Crippen molar-refractivity contribution in [1.82, 2.24) is 10.2 Å². The van der Waals surface area contributed by atoms with Crippen molar-refractivity contribution >= 4 is 5.91 Å². The first-order valence-corrected chi connectivity index (χ1v) is 7.23. The Balaban J connectivity index is 1.67. The standard InChI is InChI=1S/C14H26N2O/c1-3-11(2)14(17)16-8-6-13(7-9-16)15-10-12-4-5-12/h11-13,15H,3-10H2,1-2H3. The van der Waals surface area contributed by atoms with Crippen molar-refractivity contribution in [3.8, 4) is 0 Å². The Morgan fingerprint density at radius 1 is 1.29 bits per heavy atom. The van der Waals surface area contributed by atoms with E-state index in [-0.39, 0.29) is 5.92 Å². The minimum absolute atomic E-state index is 0.200. The number of likely N-dealkylation sites (tertiary alicyclic amines) is 1. The van der Waals surface area contributed by atoms with Crippen LogP contribution in [-0.2, 0) is 4.79 Å². The average molecular weight is 238 g/mol. The summed E-state index contributed by atoms with van der Waals surface area (Å²) in [6.07, 6.45) is 6.05. The van der Waals surface area contributed by atoms with Crippen molar-refractivity contribution in [2.24, 2.45) is 11.8 Å². The van der Waals surface area contributed by atoms with Gasteiger partial charge in [-0.2, -0.15) is 0 Å². The van der Waals surface area contributed by atoms with Crippen molar-refractivity contribution in [3.05, 3.63) is 0 Å². The van der Waals surface area contributed by atoms with Crippen LogP contribution in [0.1, 0.15) is 46.0 Å². The highest BCUT2D eigenvalue weighted by Crippen LogP contribution is 2.28. The summed E-state index contributed by atoms with van der Waals surface area (Å²) in [4.78, 5) is 14.1. The van der Waals surface area contributed by atoms with E-state index in [0.29, 0.717) is 11.9 Å². The van der Waals surface area contributed by atoms with Gasteiger partial charge in [0.2, 0.25) is 5.91 Å². The average Bonchev–Trinajstić information content (AvgIpc) is 3.19. The summed E-state index contributed by atoms with van der Waals surface area (Å²) >= 11 is 0. The van der Waals surface area contributed by atoms with Gasteiger partial charge in [-0.3, -0.25) is 4.79 Å². The van der Waals surface area contributed by atoms with Crippen molar-refractivity contribution in [2.45, 2.75) is 52.0 Å². The van der Waals surface area contributed by atoms with Crippen molar-refractivity contribution in [1.29, 1.82) is 0 Å². The van der Waals surface area contributed by atoms with Gasteiger partial charge >= 0.3 is 0 Å². The molecule has 1 aliphatic heterocycles. The topological polar surface area (TPSA) is 32.3 Å². The molecule has 2 fully saturated rings. The molecule has 0 spiro atoms. The highest BCUT2D eigenvalue weighted by atomic mass is 16.2. The van der Waals surface area contributed by atoms with Gasteiger partial charge in [-0.05, 0) is 44.6 Å². The fraction of sp³-hybridized carbons (Fsp3) is 0.929. The molecule has 0 aromatic heterocycles. The Morgan fingerprint density at radius 2 is 1.94 bits per heavy atom. The van der Waals surface area contributed by atoms with E-state index in [2.05, 4.69) is 17.1 Å². The van der Waals surface area contributed by atoms with Crippen LogP contribution in [0.3, 0.4) is 0 Å². The summed E-state index contributed by atoms with van der Waals surface area (Å²) in [5.41, 5.74) is 0. The first-order chi connectivity index (χ1) is 8.20. The number of carbonyl (C=O) groups is 1. The van der Waals surface area contributed by atoms with Gasteiger partial charge in [0, 0.05) is 25.0 Å². The van der Waals surface area contributed by atoms with Gasteiger partial charge in [0.25, 0.3) is 0 Å². The van der Waals surface area contributed by atoms with Crippen molar-refractivity contribution in [3.63, 3.8) is 0 Å². The predicted octanol–water partition coefficient (Wildman–Crippen LogP) is 2.02. The SMILES string of the molecule is CCC(C)C(=O)N1CCC(NCC2CC2)CC1. The lowest BCUT2D eigenvalue weighted by Crippen LogP contribution is -2.46. The minimum Gasteiger partial charge on any atom is -0.342 e. The van der Waals surface area contributed by atoms with Crippen molar-refractivity contribution < 1.29 is 4.79 Å². The van der Waals surface area contributed by atoms with Gasteiger partial charge < -0.3 is 10.2 Å². The zero-order valence-corrected chi connectivity index (χ0v) is 11.2. The Kier molecular flexibility index (Phi) is 4.43. The number of amides is 1. The van der Waals surface area contributed by atoms with Crippen LogP contribution in [0, 0.1) is 11.8 Å². The molecule has 1 N–H and O–H groups in total. The van der Waals surface area contributed by atoms with Crippen molar-refractivity contribution in [2.75, 3.05) is 19.6 Å². The van der Waals surface area contributed by atoms with Crippen LogP contribution in [0.4, 0.5) is 0 Å². The van der Waals surface area contributed by atoms with Gasteiger partial charge in [-0.25, -0.2) is 0 Å². The molecule has 1 atom stereocenters. The molecular weight excluding hydrogens is 212 g/mol. The first-order valence-electron chi connectivity index (χ1n) is 7.23. The molecule has 17 heavy (non-hydrogen) atoms. The minimum atomic E-state index is 0.200. The highest BCUT2D eigenvalue weighted by molar-refractivity contribution is 5.78. The van der Waals surface area contributed by atoms with Crippen LogP contribution < -0.4 is 5.32 Å². The third kappa shape index (κ3) is 3.70. The molecule has 1 heterocycles. The summed E-state index contributed by atoms with van der Waals surface area (Å²) in [7, 11) is 0. The zero-order chi connectivity index (χ0) is 12.3. The van der Waals surface area contributed by atoms with E-state index in [4.69, 9.17) is 0 Å². The molecule has 1 aliphatic carbocycles. The Labute approximate surface area is 105 Å². The van der Waals surface area contributed by atoms with E-state index in [9.17, 15) is 4.79 Å². The lowest BCUT2D eigenvalue weighted by atomic mass is 10.0. The van der Waals surface area contributed by atoms with Crippen LogP contribution in [-0.4, -0.2) is 36.5 Å². The molecule has 1 saturated carbocycles. The number of nitrogens with one attached hydrogen (secondary N) is 1. The van der Waals surface area contributed by atoms with Crippen LogP contribution in [0.5, 0.6) is 0 Å². The van der Waals surface area contributed by atoms with Crippen LogP contribution in [0.2, 0.25) is 0 Å². The summed E-state index contributed by atoms with van der Waals surface area (Å²) in [5.74, 6) is 1.51. The molecule has 0 radical (unpaired) electrons. The molecule has 2 rings (SSSR count).